The Labute approximate surface area is 139 Å². The average molecular weight is 343 g/mol. The van der Waals surface area contributed by atoms with E-state index >= 15 is 0 Å². The van der Waals surface area contributed by atoms with Gasteiger partial charge in [-0.05, 0) is 27.2 Å². The Morgan fingerprint density at radius 3 is 2.48 bits per heavy atom. The second kappa shape index (κ2) is 6.39. The molecule has 1 aliphatic rings. The van der Waals surface area contributed by atoms with Gasteiger partial charge in [0.1, 0.15) is 5.82 Å². The van der Waals surface area contributed by atoms with Gasteiger partial charge in [-0.25, -0.2) is 13.1 Å². The summed E-state index contributed by atoms with van der Waals surface area (Å²) in [4.78, 5) is 2.04. The zero-order valence-electron chi connectivity index (χ0n) is 15.0. The third kappa shape index (κ3) is 3.85. The van der Waals surface area contributed by atoms with Gasteiger partial charge in [-0.1, -0.05) is 20.8 Å². The third-order valence-electron chi connectivity index (χ3n) is 3.98. The van der Waals surface area contributed by atoms with E-state index in [0.29, 0.717) is 19.5 Å². The maximum atomic E-state index is 12.4. The molecule has 1 aromatic heterocycles. The van der Waals surface area contributed by atoms with Gasteiger partial charge in [0.05, 0.1) is 5.25 Å². The van der Waals surface area contributed by atoms with Gasteiger partial charge in [0.25, 0.3) is 0 Å². The van der Waals surface area contributed by atoms with Crippen LogP contribution in [0.3, 0.4) is 0 Å². The number of anilines is 1. The molecule has 0 aromatic carbocycles. The van der Waals surface area contributed by atoms with Crippen molar-refractivity contribution in [1.29, 1.82) is 0 Å². The number of hydrogen-bond acceptors (Lipinski definition) is 5. The van der Waals surface area contributed by atoms with Gasteiger partial charge in [0.15, 0.2) is 0 Å². The second-order valence-corrected chi connectivity index (χ2v) is 9.48. The Balaban J connectivity index is 2.21. The molecule has 23 heavy (non-hydrogen) atoms. The maximum absolute atomic E-state index is 12.4. The Bertz CT molecular complexity index is 645. The molecule has 8 heteroatoms. The van der Waals surface area contributed by atoms with E-state index < -0.39 is 15.3 Å². The van der Waals surface area contributed by atoms with Gasteiger partial charge in [-0.3, -0.25) is 4.57 Å². The number of hydrogen-bond donors (Lipinski definition) is 1. The molecule has 7 nitrogen and oxygen atoms in total. The topological polar surface area (TPSA) is 80.1 Å². The lowest BCUT2D eigenvalue weighted by atomic mass is 9.96. The molecule has 2 heterocycles. The van der Waals surface area contributed by atoms with Crippen molar-refractivity contribution in [3.05, 3.63) is 5.82 Å². The van der Waals surface area contributed by atoms with Gasteiger partial charge in [-0.2, -0.15) is 0 Å². The predicted molar refractivity (Wildman–Crippen MR) is 92.2 cm³/mol. The second-order valence-electron chi connectivity index (χ2n) is 7.49. The molecule has 0 radical (unpaired) electrons. The van der Waals surface area contributed by atoms with Crippen molar-refractivity contribution in [3.63, 3.8) is 0 Å². The molecule has 0 amide bonds. The summed E-state index contributed by atoms with van der Waals surface area (Å²) < 4.78 is 29.5. The molecule has 1 aromatic rings. The quantitative estimate of drug-likeness (QED) is 0.876. The fourth-order valence-corrected chi connectivity index (χ4v) is 4.60. The number of sulfonamides is 1. The first kappa shape index (κ1) is 18.2. The molecule has 0 bridgehead atoms. The van der Waals surface area contributed by atoms with Crippen LogP contribution in [0.2, 0.25) is 0 Å². The van der Waals surface area contributed by atoms with Gasteiger partial charge < -0.3 is 4.90 Å². The molecule has 132 valence electrons. The molecular weight excluding hydrogens is 314 g/mol. The molecule has 1 aliphatic heterocycles. The summed E-state index contributed by atoms with van der Waals surface area (Å²) >= 11 is 0. The van der Waals surface area contributed by atoms with E-state index in [-0.39, 0.29) is 11.5 Å². The zero-order chi connectivity index (χ0) is 17.4. The predicted octanol–water partition coefficient (Wildman–Crippen LogP) is 1.50. The molecule has 1 fully saturated rings. The van der Waals surface area contributed by atoms with Crippen molar-refractivity contribution < 1.29 is 8.42 Å². The first-order valence-electron chi connectivity index (χ1n) is 8.26. The molecule has 1 saturated heterocycles. The van der Waals surface area contributed by atoms with E-state index in [1.54, 1.807) is 0 Å². The lowest BCUT2D eigenvalue weighted by Gasteiger charge is -2.22. The summed E-state index contributed by atoms with van der Waals surface area (Å²) in [6.07, 6.45) is 0.615. The van der Waals surface area contributed by atoms with Crippen LogP contribution in [0, 0.1) is 0 Å². The smallest absolute Gasteiger partial charge is 0.227 e. The van der Waals surface area contributed by atoms with Gasteiger partial charge >= 0.3 is 0 Å². The van der Waals surface area contributed by atoms with Crippen LogP contribution in [0.1, 0.15) is 53.8 Å². The largest absolute Gasteiger partial charge is 0.340 e. The highest BCUT2D eigenvalue weighted by molar-refractivity contribution is 7.90. The fraction of sp³-hybridized carbons (Fsp3) is 0.867. The van der Waals surface area contributed by atoms with Crippen molar-refractivity contribution in [2.24, 2.45) is 0 Å². The third-order valence-corrected chi connectivity index (χ3v) is 6.05. The van der Waals surface area contributed by atoms with E-state index in [1.807, 2.05) is 18.7 Å². The van der Waals surface area contributed by atoms with Crippen molar-refractivity contribution in [3.8, 4) is 0 Å². The standard InChI is InChI=1S/C15H29N5O2S/c1-7-20-13(15(4,5)6)16-17-14(20)19-9-8-12(10-19)23(21,22)18-11(2)3/h11-12,18H,7-10H2,1-6H3/t12-/m0/s1. The van der Waals surface area contributed by atoms with Gasteiger partial charge in [0.2, 0.25) is 16.0 Å². The fourth-order valence-electron chi connectivity index (χ4n) is 2.96. The molecule has 1 N–H and O–H groups in total. The summed E-state index contributed by atoms with van der Waals surface area (Å²) in [5.74, 6) is 1.71. The first-order chi connectivity index (χ1) is 10.6. The minimum Gasteiger partial charge on any atom is -0.340 e. The van der Waals surface area contributed by atoms with Crippen LogP contribution < -0.4 is 9.62 Å². The minimum atomic E-state index is -3.29. The van der Waals surface area contributed by atoms with Crippen molar-refractivity contribution in [2.45, 2.75) is 71.2 Å². The monoisotopic (exact) mass is 343 g/mol. The van der Waals surface area contributed by atoms with Crippen LogP contribution in [0.5, 0.6) is 0 Å². The summed E-state index contributed by atoms with van der Waals surface area (Å²) in [6.45, 7) is 14.0. The van der Waals surface area contributed by atoms with Gasteiger partial charge in [-0.15, -0.1) is 10.2 Å². The number of nitrogens with zero attached hydrogens (tertiary/aromatic N) is 4. The summed E-state index contributed by atoms with van der Waals surface area (Å²) in [7, 11) is -3.29. The average Bonchev–Trinajstić information content (AvgIpc) is 3.02. The van der Waals surface area contributed by atoms with Crippen LogP contribution >= 0.6 is 0 Å². The first-order valence-corrected chi connectivity index (χ1v) is 9.80. The molecule has 2 rings (SSSR count). The van der Waals surface area contributed by atoms with Crippen LogP contribution in [0.4, 0.5) is 5.95 Å². The van der Waals surface area contributed by atoms with Gasteiger partial charge in [0, 0.05) is 31.1 Å². The molecule has 0 saturated carbocycles. The summed E-state index contributed by atoms with van der Waals surface area (Å²) in [5, 5.41) is 8.28. The van der Waals surface area contributed by atoms with E-state index in [0.717, 1.165) is 18.3 Å². The number of aromatic nitrogens is 3. The molecule has 1 atom stereocenters. The van der Waals surface area contributed by atoms with Crippen LogP contribution in [-0.2, 0) is 22.0 Å². The van der Waals surface area contributed by atoms with Crippen molar-refractivity contribution in [1.82, 2.24) is 19.5 Å². The Hall–Kier alpha value is -1.15. The van der Waals surface area contributed by atoms with Crippen LogP contribution in [0.15, 0.2) is 0 Å². The Kier molecular flexibility index (Phi) is 5.06. The lowest BCUT2D eigenvalue weighted by Crippen LogP contribution is -2.40. The lowest BCUT2D eigenvalue weighted by molar-refractivity contribution is 0.504. The van der Waals surface area contributed by atoms with Crippen LogP contribution in [0.25, 0.3) is 0 Å². The van der Waals surface area contributed by atoms with Crippen molar-refractivity contribution in [2.75, 3.05) is 18.0 Å². The normalized spacial score (nSPS) is 19.8. The number of nitrogens with one attached hydrogen (secondary N) is 1. The number of rotatable bonds is 5. The van der Waals surface area contributed by atoms with E-state index in [2.05, 4.69) is 47.2 Å². The SMILES string of the molecule is CCn1c(N2CC[C@H](S(=O)(=O)NC(C)C)C2)nnc1C(C)(C)C. The minimum absolute atomic E-state index is 0.0826. The highest BCUT2D eigenvalue weighted by Gasteiger charge is 2.36. The summed E-state index contributed by atoms with van der Waals surface area (Å²) in [6, 6.07) is -0.0826. The maximum Gasteiger partial charge on any atom is 0.227 e. The molecule has 0 spiro atoms. The van der Waals surface area contributed by atoms with E-state index in [4.69, 9.17) is 0 Å². The Morgan fingerprint density at radius 1 is 1.30 bits per heavy atom. The Morgan fingerprint density at radius 2 is 1.96 bits per heavy atom. The van der Waals surface area contributed by atoms with Crippen molar-refractivity contribution >= 4 is 16.0 Å². The highest BCUT2D eigenvalue weighted by Crippen LogP contribution is 2.27. The molecule has 0 aliphatic carbocycles. The van der Waals surface area contributed by atoms with E-state index in [1.165, 1.54) is 0 Å². The summed E-state index contributed by atoms with van der Waals surface area (Å²) in [5.41, 5.74) is -0.0916. The van der Waals surface area contributed by atoms with E-state index in [9.17, 15) is 8.42 Å². The molecular formula is C15H29N5O2S. The molecule has 0 unspecified atom stereocenters. The van der Waals surface area contributed by atoms with Crippen LogP contribution in [-0.4, -0.2) is 47.6 Å². The zero-order valence-corrected chi connectivity index (χ0v) is 15.8. The highest BCUT2D eigenvalue weighted by atomic mass is 32.2.